The van der Waals surface area contributed by atoms with E-state index in [-0.39, 0.29) is 0 Å². The molecule has 0 unspecified atom stereocenters. The predicted octanol–water partition coefficient (Wildman–Crippen LogP) is 2.35. The number of thiocarbonyl (C=S) groups is 1. The highest BCUT2D eigenvalue weighted by atomic mass is 32.1. The van der Waals surface area contributed by atoms with Crippen LogP contribution in [0.3, 0.4) is 0 Å². The van der Waals surface area contributed by atoms with Gasteiger partial charge in [0.25, 0.3) is 0 Å². The molecule has 2 aromatic rings. The molecule has 0 spiro atoms. The summed E-state index contributed by atoms with van der Waals surface area (Å²) < 4.78 is 0. The van der Waals surface area contributed by atoms with Gasteiger partial charge in [-0.25, -0.2) is 0 Å². The average Bonchev–Trinajstić information content (AvgIpc) is 2.40. The predicted molar refractivity (Wildman–Crippen MR) is 81.7 cm³/mol. The summed E-state index contributed by atoms with van der Waals surface area (Å²) in [7, 11) is 2.08. The number of rotatable bonds is 5. The fourth-order valence-electron chi connectivity index (χ4n) is 1.99. The molecular formula is C15H17N3S. The third-order valence-corrected chi connectivity index (χ3v) is 3.07. The molecule has 0 aliphatic carbocycles. The van der Waals surface area contributed by atoms with Gasteiger partial charge in [-0.3, -0.25) is 9.88 Å². The Morgan fingerprint density at radius 1 is 1.21 bits per heavy atom. The topological polar surface area (TPSA) is 42.2 Å². The summed E-state index contributed by atoms with van der Waals surface area (Å²) >= 11 is 5.00. The number of aromatic nitrogens is 1. The zero-order chi connectivity index (χ0) is 13.7. The first-order valence-corrected chi connectivity index (χ1v) is 6.52. The molecule has 0 bridgehead atoms. The summed E-state index contributed by atoms with van der Waals surface area (Å²) in [6.45, 7) is 1.72. The molecule has 1 aromatic carbocycles. The first-order valence-electron chi connectivity index (χ1n) is 6.11. The number of benzene rings is 1. The number of pyridine rings is 1. The molecule has 0 aliphatic heterocycles. The second kappa shape index (κ2) is 6.41. The average molecular weight is 271 g/mol. The molecule has 3 nitrogen and oxygen atoms in total. The van der Waals surface area contributed by atoms with E-state index >= 15 is 0 Å². The lowest BCUT2D eigenvalue weighted by Crippen LogP contribution is -2.18. The molecule has 2 N–H and O–H groups in total. The van der Waals surface area contributed by atoms with Crippen LogP contribution in [-0.2, 0) is 13.1 Å². The van der Waals surface area contributed by atoms with Crippen LogP contribution in [0.2, 0.25) is 0 Å². The second-order valence-corrected chi connectivity index (χ2v) is 5.04. The van der Waals surface area contributed by atoms with E-state index < -0.39 is 0 Å². The van der Waals surface area contributed by atoms with Gasteiger partial charge in [0, 0.05) is 31.0 Å². The van der Waals surface area contributed by atoms with E-state index in [1.807, 2.05) is 30.5 Å². The highest BCUT2D eigenvalue weighted by Gasteiger charge is 2.03. The lowest BCUT2D eigenvalue weighted by atomic mass is 10.1. The van der Waals surface area contributed by atoms with Gasteiger partial charge in [-0.2, -0.15) is 0 Å². The highest BCUT2D eigenvalue weighted by molar-refractivity contribution is 7.80. The summed E-state index contributed by atoms with van der Waals surface area (Å²) in [6.07, 6.45) is 3.68. The Bertz CT molecular complexity index is 554. The van der Waals surface area contributed by atoms with Crippen LogP contribution >= 0.6 is 12.2 Å². The molecule has 1 heterocycles. The molecule has 4 heteroatoms. The van der Waals surface area contributed by atoms with Crippen molar-refractivity contribution in [2.45, 2.75) is 13.1 Å². The molecule has 0 amide bonds. The molecule has 0 aliphatic rings. The maximum absolute atomic E-state index is 5.65. The van der Waals surface area contributed by atoms with Crippen molar-refractivity contribution in [2.24, 2.45) is 5.73 Å². The van der Waals surface area contributed by atoms with Crippen LogP contribution in [0.5, 0.6) is 0 Å². The van der Waals surface area contributed by atoms with Crippen LogP contribution in [0.15, 0.2) is 48.8 Å². The number of nitrogens with zero attached hydrogens (tertiary/aromatic N) is 2. The van der Waals surface area contributed by atoms with Crippen molar-refractivity contribution in [3.8, 4) is 0 Å². The molecule has 0 saturated carbocycles. The zero-order valence-electron chi connectivity index (χ0n) is 10.9. The minimum absolute atomic E-state index is 0.441. The molecule has 19 heavy (non-hydrogen) atoms. The minimum Gasteiger partial charge on any atom is -0.389 e. The number of hydrogen-bond donors (Lipinski definition) is 1. The Balaban J connectivity index is 2.01. The summed E-state index contributed by atoms with van der Waals surface area (Å²) in [4.78, 5) is 6.80. The third kappa shape index (κ3) is 4.12. The van der Waals surface area contributed by atoms with Crippen LogP contribution in [0, 0.1) is 0 Å². The summed E-state index contributed by atoms with van der Waals surface area (Å²) in [5.74, 6) is 0. The van der Waals surface area contributed by atoms with Gasteiger partial charge < -0.3 is 5.73 Å². The quantitative estimate of drug-likeness (QED) is 0.848. The number of nitrogens with two attached hydrogens (primary N) is 1. The van der Waals surface area contributed by atoms with Crippen molar-refractivity contribution in [2.75, 3.05) is 7.05 Å². The van der Waals surface area contributed by atoms with Gasteiger partial charge in [0.2, 0.25) is 0 Å². The maximum atomic E-state index is 5.65. The van der Waals surface area contributed by atoms with Crippen molar-refractivity contribution in [3.63, 3.8) is 0 Å². The van der Waals surface area contributed by atoms with Gasteiger partial charge in [0.05, 0.1) is 0 Å². The summed E-state index contributed by atoms with van der Waals surface area (Å²) in [6, 6.07) is 12.1. The van der Waals surface area contributed by atoms with Gasteiger partial charge in [-0.1, -0.05) is 36.5 Å². The lowest BCUT2D eigenvalue weighted by molar-refractivity contribution is 0.318. The van der Waals surface area contributed by atoms with Crippen molar-refractivity contribution < 1.29 is 0 Å². The van der Waals surface area contributed by atoms with E-state index in [0.717, 1.165) is 18.7 Å². The minimum atomic E-state index is 0.441. The Labute approximate surface area is 119 Å². The van der Waals surface area contributed by atoms with Gasteiger partial charge in [-0.05, 0) is 30.3 Å². The fraction of sp³-hybridized carbons (Fsp3) is 0.200. The van der Waals surface area contributed by atoms with E-state index in [2.05, 4.69) is 29.1 Å². The van der Waals surface area contributed by atoms with Gasteiger partial charge >= 0.3 is 0 Å². The molecule has 0 fully saturated rings. The molecular weight excluding hydrogens is 254 g/mol. The van der Waals surface area contributed by atoms with Crippen LogP contribution < -0.4 is 5.73 Å². The standard InChI is InChI=1S/C15H17N3S/c1-18(11-13-5-3-7-17-9-13)10-12-4-2-6-14(8-12)15(16)19/h2-9H,10-11H2,1H3,(H2,16,19). The Morgan fingerprint density at radius 2 is 1.95 bits per heavy atom. The summed E-state index contributed by atoms with van der Waals surface area (Å²) in [5.41, 5.74) is 8.97. The highest BCUT2D eigenvalue weighted by Crippen LogP contribution is 2.10. The monoisotopic (exact) mass is 271 g/mol. The Morgan fingerprint density at radius 3 is 2.63 bits per heavy atom. The van der Waals surface area contributed by atoms with E-state index in [0.29, 0.717) is 4.99 Å². The van der Waals surface area contributed by atoms with E-state index in [4.69, 9.17) is 18.0 Å². The van der Waals surface area contributed by atoms with Crippen molar-refractivity contribution in [1.82, 2.24) is 9.88 Å². The molecule has 98 valence electrons. The zero-order valence-corrected chi connectivity index (χ0v) is 11.7. The smallest absolute Gasteiger partial charge is 0.103 e. The molecule has 0 saturated heterocycles. The van der Waals surface area contributed by atoms with Crippen LogP contribution in [-0.4, -0.2) is 21.9 Å². The summed E-state index contributed by atoms with van der Waals surface area (Å²) in [5, 5.41) is 0. The first-order chi connectivity index (χ1) is 9.15. The molecule has 0 atom stereocenters. The third-order valence-electron chi connectivity index (χ3n) is 2.84. The largest absolute Gasteiger partial charge is 0.389 e. The van der Waals surface area contributed by atoms with Crippen molar-refractivity contribution in [3.05, 3.63) is 65.5 Å². The van der Waals surface area contributed by atoms with Gasteiger partial charge in [0.1, 0.15) is 4.99 Å². The normalized spacial score (nSPS) is 10.6. The second-order valence-electron chi connectivity index (χ2n) is 4.60. The fourth-order valence-corrected chi connectivity index (χ4v) is 2.12. The van der Waals surface area contributed by atoms with Gasteiger partial charge in [-0.15, -0.1) is 0 Å². The van der Waals surface area contributed by atoms with Gasteiger partial charge in [0.15, 0.2) is 0 Å². The maximum Gasteiger partial charge on any atom is 0.103 e. The Kier molecular flexibility index (Phi) is 4.60. The van der Waals surface area contributed by atoms with Crippen LogP contribution in [0.25, 0.3) is 0 Å². The van der Waals surface area contributed by atoms with E-state index in [9.17, 15) is 0 Å². The van der Waals surface area contributed by atoms with Crippen molar-refractivity contribution >= 4 is 17.2 Å². The van der Waals surface area contributed by atoms with Crippen molar-refractivity contribution in [1.29, 1.82) is 0 Å². The van der Waals surface area contributed by atoms with Crippen LogP contribution in [0.4, 0.5) is 0 Å². The first kappa shape index (κ1) is 13.6. The van der Waals surface area contributed by atoms with E-state index in [1.165, 1.54) is 11.1 Å². The molecule has 0 radical (unpaired) electrons. The lowest BCUT2D eigenvalue weighted by Gasteiger charge is -2.17. The Hall–Kier alpha value is -1.78. The molecule has 1 aromatic heterocycles. The number of hydrogen-bond acceptors (Lipinski definition) is 3. The molecule has 2 rings (SSSR count). The van der Waals surface area contributed by atoms with E-state index in [1.54, 1.807) is 6.20 Å². The SMILES string of the molecule is CN(Cc1cccnc1)Cc1cccc(C(N)=S)c1. The van der Waals surface area contributed by atoms with Crippen LogP contribution in [0.1, 0.15) is 16.7 Å².